The van der Waals surface area contributed by atoms with Crippen molar-refractivity contribution < 1.29 is 9.53 Å². The molecular formula is C11H18O2. The summed E-state index contributed by atoms with van der Waals surface area (Å²) in [5, 5.41) is 0. The number of ether oxygens (including phenoxy) is 1. The number of rotatable bonds is 3. The second kappa shape index (κ2) is 3.95. The Kier molecular flexibility index (Phi) is 3.12. The smallest absolute Gasteiger partial charge is 0.312 e. The van der Waals surface area contributed by atoms with Crippen LogP contribution in [0, 0.1) is 11.3 Å². The van der Waals surface area contributed by atoms with Gasteiger partial charge in [-0.1, -0.05) is 19.4 Å². The fourth-order valence-electron chi connectivity index (χ4n) is 2.40. The number of methoxy groups -OCH3 is 1. The fraction of sp³-hybridized carbons (Fsp3) is 0.727. The van der Waals surface area contributed by atoms with Gasteiger partial charge in [-0.2, -0.15) is 0 Å². The molecule has 1 aliphatic carbocycles. The molecule has 0 spiro atoms. The van der Waals surface area contributed by atoms with E-state index in [-0.39, 0.29) is 11.4 Å². The van der Waals surface area contributed by atoms with Crippen molar-refractivity contribution in [1.29, 1.82) is 0 Å². The van der Waals surface area contributed by atoms with E-state index in [0.717, 1.165) is 25.7 Å². The molecule has 0 aromatic heterocycles. The molecule has 2 heteroatoms. The highest BCUT2D eigenvalue weighted by Gasteiger charge is 2.46. The summed E-state index contributed by atoms with van der Waals surface area (Å²) in [4.78, 5) is 11.7. The standard InChI is InChI=1S/C11H18O2/c1-4-7-11(10(12)13-3)8-5-6-9(11)2/h4,9H,1,5-8H2,2-3H3. The molecule has 1 saturated carbocycles. The van der Waals surface area contributed by atoms with E-state index in [2.05, 4.69) is 13.5 Å². The third kappa shape index (κ3) is 1.62. The first-order valence-corrected chi connectivity index (χ1v) is 4.86. The van der Waals surface area contributed by atoms with Gasteiger partial charge in [0.1, 0.15) is 0 Å². The lowest BCUT2D eigenvalue weighted by atomic mass is 9.76. The van der Waals surface area contributed by atoms with E-state index in [0.29, 0.717) is 5.92 Å². The lowest BCUT2D eigenvalue weighted by Gasteiger charge is -2.29. The molecule has 0 heterocycles. The van der Waals surface area contributed by atoms with Crippen LogP contribution < -0.4 is 0 Å². The van der Waals surface area contributed by atoms with Crippen LogP contribution in [0.5, 0.6) is 0 Å². The molecule has 2 unspecified atom stereocenters. The fourth-order valence-corrected chi connectivity index (χ4v) is 2.40. The number of allylic oxidation sites excluding steroid dienone is 1. The van der Waals surface area contributed by atoms with Crippen molar-refractivity contribution in [3.8, 4) is 0 Å². The quantitative estimate of drug-likeness (QED) is 0.495. The van der Waals surface area contributed by atoms with Gasteiger partial charge < -0.3 is 4.74 Å². The molecule has 0 aromatic rings. The molecule has 0 radical (unpaired) electrons. The number of hydrogen-bond donors (Lipinski definition) is 0. The first kappa shape index (κ1) is 10.3. The third-order valence-electron chi connectivity index (χ3n) is 3.30. The molecule has 74 valence electrons. The molecule has 1 fully saturated rings. The van der Waals surface area contributed by atoms with Gasteiger partial charge in [0.25, 0.3) is 0 Å². The van der Waals surface area contributed by atoms with E-state index in [1.165, 1.54) is 7.11 Å². The van der Waals surface area contributed by atoms with Crippen LogP contribution in [-0.4, -0.2) is 13.1 Å². The maximum absolute atomic E-state index is 11.7. The van der Waals surface area contributed by atoms with E-state index in [1.807, 2.05) is 6.08 Å². The lowest BCUT2D eigenvalue weighted by Crippen LogP contribution is -2.34. The Hall–Kier alpha value is -0.790. The van der Waals surface area contributed by atoms with Gasteiger partial charge in [-0.15, -0.1) is 6.58 Å². The minimum Gasteiger partial charge on any atom is -0.469 e. The normalized spacial score (nSPS) is 32.9. The SMILES string of the molecule is C=CCC1(C(=O)OC)CCCC1C. The summed E-state index contributed by atoms with van der Waals surface area (Å²) in [6.45, 7) is 5.84. The van der Waals surface area contributed by atoms with Crippen molar-refractivity contribution >= 4 is 5.97 Å². The molecule has 0 aromatic carbocycles. The Morgan fingerprint density at radius 3 is 2.85 bits per heavy atom. The maximum atomic E-state index is 11.7. The largest absolute Gasteiger partial charge is 0.469 e. The van der Waals surface area contributed by atoms with Gasteiger partial charge >= 0.3 is 5.97 Å². The van der Waals surface area contributed by atoms with Gasteiger partial charge in [0.15, 0.2) is 0 Å². The number of hydrogen-bond acceptors (Lipinski definition) is 2. The summed E-state index contributed by atoms with van der Waals surface area (Å²) < 4.78 is 4.87. The summed E-state index contributed by atoms with van der Waals surface area (Å²) in [7, 11) is 1.47. The Morgan fingerprint density at radius 2 is 2.46 bits per heavy atom. The van der Waals surface area contributed by atoms with Crippen molar-refractivity contribution in [2.75, 3.05) is 7.11 Å². The second-order valence-electron chi connectivity index (χ2n) is 3.93. The Bertz CT molecular complexity index is 210. The summed E-state index contributed by atoms with van der Waals surface area (Å²) in [6, 6.07) is 0. The number of carbonyl (C=O) groups is 1. The molecule has 1 aliphatic rings. The topological polar surface area (TPSA) is 26.3 Å². The monoisotopic (exact) mass is 182 g/mol. The minimum atomic E-state index is -0.267. The van der Waals surface area contributed by atoms with Crippen LogP contribution in [-0.2, 0) is 9.53 Å². The molecule has 2 nitrogen and oxygen atoms in total. The highest BCUT2D eigenvalue weighted by atomic mass is 16.5. The van der Waals surface area contributed by atoms with E-state index in [4.69, 9.17) is 4.74 Å². The van der Waals surface area contributed by atoms with Crippen LogP contribution in [0.1, 0.15) is 32.6 Å². The zero-order valence-electron chi connectivity index (χ0n) is 8.51. The van der Waals surface area contributed by atoms with E-state index in [1.54, 1.807) is 0 Å². The summed E-state index contributed by atoms with van der Waals surface area (Å²) in [6.07, 6.45) is 5.79. The van der Waals surface area contributed by atoms with Crippen molar-refractivity contribution in [2.24, 2.45) is 11.3 Å². The molecule has 1 rings (SSSR count). The number of carbonyl (C=O) groups excluding carboxylic acids is 1. The van der Waals surface area contributed by atoms with Crippen molar-refractivity contribution in [3.63, 3.8) is 0 Å². The van der Waals surface area contributed by atoms with Crippen LogP contribution in [0.15, 0.2) is 12.7 Å². The van der Waals surface area contributed by atoms with Crippen LogP contribution in [0.3, 0.4) is 0 Å². The van der Waals surface area contributed by atoms with E-state index >= 15 is 0 Å². The predicted octanol–water partition coefficient (Wildman–Crippen LogP) is 2.54. The van der Waals surface area contributed by atoms with Gasteiger partial charge in [-0.3, -0.25) is 4.79 Å². The van der Waals surface area contributed by atoms with Crippen molar-refractivity contribution in [2.45, 2.75) is 32.6 Å². The average molecular weight is 182 g/mol. The molecule has 0 amide bonds. The van der Waals surface area contributed by atoms with Crippen LogP contribution >= 0.6 is 0 Å². The molecule has 0 aliphatic heterocycles. The molecule has 0 saturated heterocycles. The Labute approximate surface area is 80.0 Å². The highest BCUT2D eigenvalue weighted by Crippen LogP contribution is 2.46. The molecule has 2 atom stereocenters. The summed E-state index contributed by atoms with van der Waals surface area (Å²) in [5.74, 6) is 0.371. The van der Waals surface area contributed by atoms with Gasteiger partial charge in [0.05, 0.1) is 12.5 Å². The first-order valence-electron chi connectivity index (χ1n) is 4.86. The maximum Gasteiger partial charge on any atom is 0.312 e. The molecule has 0 bridgehead atoms. The molecule has 0 N–H and O–H groups in total. The Morgan fingerprint density at radius 1 is 1.77 bits per heavy atom. The van der Waals surface area contributed by atoms with Gasteiger partial charge in [-0.05, 0) is 25.2 Å². The van der Waals surface area contributed by atoms with Crippen LogP contribution in [0.25, 0.3) is 0 Å². The van der Waals surface area contributed by atoms with Gasteiger partial charge in [0.2, 0.25) is 0 Å². The van der Waals surface area contributed by atoms with E-state index < -0.39 is 0 Å². The highest BCUT2D eigenvalue weighted by molar-refractivity contribution is 5.77. The van der Waals surface area contributed by atoms with Crippen LogP contribution in [0.4, 0.5) is 0 Å². The zero-order chi connectivity index (χ0) is 9.90. The summed E-state index contributed by atoms with van der Waals surface area (Å²) in [5.41, 5.74) is -0.267. The van der Waals surface area contributed by atoms with Crippen molar-refractivity contribution in [1.82, 2.24) is 0 Å². The van der Waals surface area contributed by atoms with E-state index in [9.17, 15) is 4.79 Å². The van der Waals surface area contributed by atoms with Gasteiger partial charge in [0, 0.05) is 0 Å². The third-order valence-corrected chi connectivity index (χ3v) is 3.30. The first-order chi connectivity index (χ1) is 6.17. The average Bonchev–Trinajstić information content (AvgIpc) is 2.48. The second-order valence-corrected chi connectivity index (χ2v) is 3.93. The molecular weight excluding hydrogens is 164 g/mol. The lowest BCUT2D eigenvalue weighted by molar-refractivity contribution is -0.154. The predicted molar refractivity (Wildman–Crippen MR) is 52.3 cm³/mol. The van der Waals surface area contributed by atoms with Crippen molar-refractivity contribution in [3.05, 3.63) is 12.7 Å². The molecule has 13 heavy (non-hydrogen) atoms. The summed E-state index contributed by atoms with van der Waals surface area (Å²) >= 11 is 0. The zero-order valence-corrected chi connectivity index (χ0v) is 8.51. The minimum absolute atomic E-state index is 0.0580. The number of esters is 1. The van der Waals surface area contributed by atoms with Crippen LogP contribution in [0.2, 0.25) is 0 Å². The Balaban J connectivity index is 2.85. The van der Waals surface area contributed by atoms with Gasteiger partial charge in [-0.25, -0.2) is 0 Å².